The smallest absolute Gasteiger partial charge is 0.272 e. The lowest BCUT2D eigenvalue weighted by Crippen LogP contribution is -2.39. The number of anilines is 1. The largest absolute Gasteiger partial charge is 0.368 e. The van der Waals surface area contributed by atoms with Crippen LogP contribution in [0.15, 0.2) is 55.1 Å². The van der Waals surface area contributed by atoms with Crippen LogP contribution in [-0.2, 0) is 0 Å². The molecule has 1 saturated heterocycles. The summed E-state index contributed by atoms with van der Waals surface area (Å²) in [7, 11) is 0. The van der Waals surface area contributed by atoms with Crippen molar-refractivity contribution < 1.29 is 4.79 Å². The Balaban J connectivity index is 1.48. The number of nitrogens with zero attached hydrogens (tertiary/aromatic N) is 5. The molecule has 1 aliphatic rings. The summed E-state index contributed by atoms with van der Waals surface area (Å²) in [5.74, 6) is 0.460. The maximum absolute atomic E-state index is 12.7. The molecule has 2 N–H and O–H groups in total. The fourth-order valence-corrected chi connectivity index (χ4v) is 3.36. The van der Waals surface area contributed by atoms with Crippen molar-refractivity contribution in [3.05, 3.63) is 66.5 Å². The normalized spacial score (nSPS) is 16.9. The number of carbonyl (C=O) groups excluding carboxylic acids is 1. The minimum atomic E-state index is -0.0176. The highest BCUT2D eigenvalue weighted by molar-refractivity contribution is 5.92. The van der Waals surface area contributed by atoms with E-state index in [1.165, 1.54) is 0 Å². The number of hydrogen-bond acceptors (Lipinski definition) is 6. The Bertz CT molecular complexity index is 911. The van der Waals surface area contributed by atoms with Crippen molar-refractivity contribution >= 4 is 11.9 Å². The third kappa shape index (κ3) is 3.76. The van der Waals surface area contributed by atoms with E-state index in [1.54, 1.807) is 24.7 Å². The summed E-state index contributed by atoms with van der Waals surface area (Å²) in [6.45, 7) is 1.42. The molecular formula is C20H20N6O. The van der Waals surface area contributed by atoms with E-state index >= 15 is 0 Å². The van der Waals surface area contributed by atoms with Gasteiger partial charge in [0.05, 0.1) is 0 Å². The van der Waals surface area contributed by atoms with Gasteiger partial charge in [0.15, 0.2) is 0 Å². The van der Waals surface area contributed by atoms with E-state index in [0.29, 0.717) is 12.2 Å². The number of amides is 1. The van der Waals surface area contributed by atoms with Gasteiger partial charge < -0.3 is 10.6 Å². The first-order chi connectivity index (χ1) is 13.2. The average Bonchev–Trinajstić information content (AvgIpc) is 2.75. The van der Waals surface area contributed by atoms with E-state index in [1.807, 2.05) is 35.4 Å². The Morgan fingerprint density at radius 1 is 1.00 bits per heavy atom. The Hall–Kier alpha value is -3.35. The van der Waals surface area contributed by atoms with Crippen LogP contribution in [0.5, 0.6) is 0 Å². The van der Waals surface area contributed by atoms with Crippen LogP contribution in [0.2, 0.25) is 0 Å². The maximum atomic E-state index is 12.7. The maximum Gasteiger partial charge on any atom is 0.272 e. The summed E-state index contributed by atoms with van der Waals surface area (Å²) in [6, 6.07) is 9.44. The molecule has 1 fully saturated rings. The molecule has 0 aromatic carbocycles. The van der Waals surface area contributed by atoms with Gasteiger partial charge in [-0.3, -0.25) is 14.8 Å². The highest BCUT2D eigenvalue weighted by atomic mass is 16.2. The summed E-state index contributed by atoms with van der Waals surface area (Å²) in [4.78, 5) is 31.4. The number of nitrogen functional groups attached to an aromatic ring is 1. The molecule has 0 saturated carbocycles. The van der Waals surface area contributed by atoms with Crippen LogP contribution in [0.25, 0.3) is 11.1 Å². The predicted molar refractivity (Wildman–Crippen MR) is 102 cm³/mol. The van der Waals surface area contributed by atoms with Crippen LogP contribution >= 0.6 is 0 Å². The number of nitrogens with two attached hydrogens (primary N) is 1. The minimum absolute atomic E-state index is 0.0176. The van der Waals surface area contributed by atoms with Gasteiger partial charge in [0.25, 0.3) is 5.91 Å². The Kier molecular flexibility index (Phi) is 4.74. The second-order valence-corrected chi connectivity index (χ2v) is 6.61. The van der Waals surface area contributed by atoms with Gasteiger partial charge >= 0.3 is 0 Å². The summed E-state index contributed by atoms with van der Waals surface area (Å²) < 4.78 is 0. The number of aromatic nitrogens is 4. The molecule has 0 aliphatic carbocycles. The van der Waals surface area contributed by atoms with Crippen LogP contribution in [0, 0.1) is 0 Å². The van der Waals surface area contributed by atoms with Gasteiger partial charge in [0.1, 0.15) is 5.69 Å². The zero-order valence-corrected chi connectivity index (χ0v) is 14.8. The first-order valence-electron chi connectivity index (χ1n) is 8.95. The number of rotatable bonds is 3. The Morgan fingerprint density at radius 2 is 1.81 bits per heavy atom. The standard InChI is InChI=1S/C20H20N6O/c21-20-24-11-16(12-25-20)14-6-7-17(23-10-14)15-4-3-9-26(13-15)19(27)18-5-1-2-8-22-18/h1-2,5-8,10-12,15H,3-4,9,13H2,(H2,21,24,25). The molecule has 7 nitrogen and oxygen atoms in total. The van der Waals surface area contributed by atoms with Gasteiger partial charge in [0, 0.05) is 60.6 Å². The monoisotopic (exact) mass is 360 g/mol. The van der Waals surface area contributed by atoms with E-state index in [4.69, 9.17) is 5.73 Å². The molecule has 0 bridgehead atoms. The highest BCUT2D eigenvalue weighted by Crippen LogP contribution is 2.27. The van der Waals surface area contributed by atoms with Crippen molar-refractivity contribution in [2.45, 2.75) is 18.8 Å². The van der Waals surface area contributed by atoms with E-state index in [0.717, 1.165) is 36.2 Å². The van der Waals surface area contributed by atoms with Crippen molar-refractivity contribution in [3.63, 3.8) is 0 Å². The van der Waals surface area contributed by atoms with Gasteiger partial charge in [-0.15, -0.1) is 0 Å². The van der Waals surface area contributed by atoms with Crippen molar-refractivity contribution in [2.75, 3.05) is 18.8 Å². The molecule has 4 heterocycles. The summed E-state index contributed by atoms with van der Waals surface area (Å²) in [5, 5.41) is 0. The van der Waals surface area contributed by atoms with E-state index in [2.05, 4.69) is 19.9 Å². The lowest BCUT2D eigenvalue weighted by atomic mass is 9.93. The fourth-order valence-electron chi connectivity index (χ4n) is 3.36. The third-order valence-electron chi connectivity index (χ3n) is 4.80. The molecule has 27 heavy (non-hydrogen) atoms. The molecule has 3 aromatic heterocycles. The zero-order valence-electron chi connectivity index (χ0n) is 14.8. The lowest BCUT2D eigenvalue weighted by Gasteiger charge is -2.32. The van der Waals surface area contributed by atoms with Gasteiger partial charge in [0.2, 0.25) is 5.95 Å². The quantitative estimate of drug-likeness (QED) is 0.771. The molecule has 7 heteroatoms. The van der Waals surface area contributed by atoms with Gasteiger partial charge in [-0.1, -0.05) is 12.1 Å². The second kappa shape index (κ2) is 7.49. The number of carbonyl (C=O) groups is 1. The predicted octanol–water partition coefficient (Wildman–Crippen LogP) is 2.54. The first kappa shape index (κ1) is 17.1. The van der Waals surface area contributed by atoms with Crippen LogP contribution in [-0.4, -0.2) is 43.8 Å². The molecule has 1 unspecified atom stereocenters. The fraction of sp³-hybridized carbons (Fsp3) is 0.250. The molecule has 136 valence electrons. The van der Waals surface area contributed by atoms with Crippen molar-refractivity contribution in [1.82, 2.24) is 24.8 Å². The van der Waals surface area contributed by atoms with Crippen LogP contribution in [0.3, 0.4) is 0 Å². The average molecular weight is 360 g/mol. The van der Waals surface area contributed by atoms with Crippen LogP contribution < -0.4 is 5.73 Å². The van der Waals surface area contributed by atoms with Crippen LogP contribution in [0.1, 0.15) is 34.9 Å². The Labute approximate surface area is 157 Å². The van der Waals surface area contributed by atoms with Gasteiger partial charge in [-0.05, 0) is 31.0 Å². The number of likely N-dealkylation sites (tertiary alicyclic amines) is 1. The molecule has 1 amide bonds. The van der Waals surface area contributed by atoms with E-state index < -0.39 is 0 Å². The minimum Gasteiger partial charge on any atom is -0.368 e. The summed E-state index contributed by atoms with van der Waals surface area (Å²) in [6.07, 6.45) is 8.82. The zero-order chi connectivity index (χ0) is 18.6. The van der Waals surface area contributed by atoms with Crippen molar-refractivity contribution in [1.29, 1.82) is 0 Å². The summed E-state index contributed by atoms with van der Waals surface area (Å²) in [5.41, 5.74) is 8.83. The number of piperidine rings is 1. The number of hydrogen-bond donors (Lipinski definition) is 1. The SMILES string of the molecule is Nc1ncc(-c2ccc(C3CCCN(C(=O)c4ccccn4)C3)nc2)cn1. The number of pyridine rings is 2. The topological polar surface area (TPSA) is 97.9 Å². The molecule has 0 spiro atoms. The molecular weight excluding hydrogens is 340 g/mol. The second-order valence-electron chi connectivity index (χ2n) is 6.61. The molecule has 1 aliphatic heterocycles. The third-order valence-corrected chi connectivity index (χ3v) is 4.80. The van der Waals surface area contributed by atoms with E-state index in [-0.39, 0.29) is 17.8 Å². The van der Waals surface area contributed by atoms with Gasteiger partial charge in [-0.25, -0.2) is 9.97 Å². The van der Waals surface area contributed by atoms with Crippen molar-refractivity contribution in [3.8, 4) is 11.1 Å². The van der Waals surface area contributed by atoms with Crippen LogP contribution in [0.4, 0.5) is 5.95 Å². The Morgan fingerprint density at radius 3 is 2.52 bits per heavy atom. The van der Waals surface area contributed by atoms with E-state index in [9.17, 15) is 4.79 Å². The summed E-state index contributed by atoms with van der Waals surface area (Å²) >= 11 is 0. The van der Waals surface area contributed by atoms with Gasteiger partial charge in [-0.2, -0.15) is 0 Å². The molecule has 3 aromatic rings. The van der Waals surface area contributed by atoms with Crippen molar-refractivity contribution in [2.24, 2.45) is 0 Å². The lowest BCUT2D eigenvalue weighted by molar-refractivity contribution is 0.0700. The first-order valence-corrected chi connectivity index (χ1v) is 8.95. The molecule has 1 atom stereocenters. The molecule has 4 rings (SSSR count). The highest BCUT2D eigenvalue weighted by Gasteiger charge is 2.26. The molecule has 0 radical (unpaired) electrons.